The molecule has 0 aromatic heterocycles. The smallest absolute Gasteiger partial charge is 0.255 e. The lowest BCUT2D eigenvalue weighted by Gasteiger charge is -2.33. The SMILES string of the molecule is CCC1CN(C(=O)c2cc(OC)ccc2Br)CC/C1=N\O. The number of benzene rings is 1. The van der Waals surface area contributed by atoms with Crippen molar-refractivity contribution in [3.63, 3.8) is 0 Å². The van der Waals surface area contributed by atoms with Crippen molar-refractivity contribution in [1.82, 2.24) is 4.90 Å². The fourth-order valence-electron chi connectivity index (χ4n) is 2.56. The lowest BCUT2D eigenvalue weighted by Crippen LogP contribution is -2.44. The van der Waals surface area contributed by atoms with Gasteiger partial charge in [0.05, 0.1) is 18.4 Å². The fourth-order valence-corrected chi connectivity index (χ4v) is 2.98. The van der Waals surface area contributed by atoms with Crippen LogP contribution in [0.25, 0.3) is 0 Å². The number of halogens is 1. The zero-order valence-electron chi connectivity index (χ0n) is 12.2. The maximum absolute atomic E-state index is 12.7. The molecule has 0 spiro atoms. The zero-order valence-corrected chi connectivity index (χ0v) is 13.8. The van der Waals surface area contributed by atoms with E-state index in [9.17, 15) is 4.79 Å². The van der Waals surface area contributed by atoms with Crippen LogP contribution < -0.4 is 4.74 Å². The highest BCUT2D eigenvalue weighted by molar-refractivity contribution is 9.10. The van der Waals surface area contributed by atoms with Crippen LogP contribution in [-0.4, -0.2) is 41.9 Å². The number of piperidine rings is 1. The number of rotatable bonds is 3. The lowest BCUT2D eigenvalue weighted by atomic mass is 9.93. The molecule has 2 rings (SSSR count). The van der Waals surface area contributed by atoms with Crippen molar-refractivity contribution in [3.05, 3.63) is 28.2 Å². The van der Waals surface area contributed by atoms with Gasteiger partial charge in [0.15, 0.2) is 0 Å². The van der Waals surface area contributed by atoms with E-state index in [0.29, 0.717) is 30.8 Å². The second kappa shape index (κ2) is 6.93. The van der Waals surface area contributed by atoms with Crippen LogP contribution in [0.2, 0.25) is 0 Å². The monoisotopic (exact) mass is 354 g/mol. The minimum atomic E-state index is -0.0313. The van der Waals surface area contributed by atoms with Gasteiger partial charge in [-0.1, -0.05) is 12.1 Å². The summed E-state index contributed by atoms with van der Waals surface area (Å²) in [5.74, 6) is 0.747. The summed E-state index contributed by atoms with van der Waals surface area (Å²) in [7, 11) is 1.58. The Labute approximate surface area is 132 Å². The number of methoxy groups -OCH3 is 1. The average Bonchev–Trinajstić information content (AvgIpc) is 2.54. The van der Waals surface area contributed by atoms with Gasteiger partial charge in [-0.15, -0.1) is 0 Å². The van der Waals surface area contributed by atoms with Crippen molar-refractivity contribution in [2.75, 3.05) is 20.2 Å². The minimum absolute atomic E-state index is 0.0313. The Morgan fingerprint density at radius 1 is 1.57 bits per heavy atom. The molecule has 0 aliphatic carbocycles. The Kier molecular flexibility index (Phi) is 5.22. The topological polar surface area (TPSA) is 62.1 Å². The maximum atomic E-state index is 12.7. The molecule has 1 aliphatic heterocycles. The number of likely N-dealkylation sites (tertiary alicyclic amines) is 1. The first kappa shape index (κ1) is 15.8. The van der Waals surface area contributed by atoms with Crippen LogP contribution in [0.1, 0.15) is 30.1 Å². The number of hydrogen-bond acceptors (Lipinski definition) is 4. The first-order valence-corrected chi connectivity index (χ1v) is 7.73. The molecule has 0 saturated carbocycles. The van der Waals surface area contributed by atoms with Crippen LogP contribution in [0.5, 0.6) is 5.75 Å². The molecule has 1 unspecified atom stereocenters. The third-order valence-corrected chi connectivity index (χ3v) is 4.55. The van der Waals surface area contributed by atoms with Crippen LogP contribution >= 0.6 is 15.9 Å². The third kappa shape index (κ3) is 3.37. The van der Waals surface area contributed by atoms with Gasteiger partial charge in [-0.2, -0.15) is 0 Å². The second-order valence-electron chi connectivity index (χ2n) is 5.04. The van der Waals surface area contributed by atoms with E-state index in [1.807, 2.05) is 24.0 Å². The van der Waals surface area contributed by atoms with Gasteiger partial charge >= 0.3 is 0 Å². The molecule has 0 bridgehead atoms. The van der Waals surface area contributed by atoms with E-state index < -0.39 is 0 Å². The van der Waals surface area contributed by atoms with Crippen LogP contribution in [0.15, 0.2) is 27.8 Å². The highest BCUT2D eigenvalue weighted by atomic mass is 79.9. The van der Waals surface area contributed by atoms with Gasteiger partial charge in [0.25, 0.3) is 5.91 Å². The number of nitrogens with zero attached hydrogens (tertiary/aromatic N) is 2. The van der Waals surface area contributed by atoms with E-state index >= 15 is 0 Å². The molecule has 1 saturated heterocycles. The van der Waals surface area contributed by atoms with E-state index in [1.165, 1.54) is 0 Å². The van der Waals surface area contributed by atoms with Gasteiger partial charge in [-0.3, -0.25) is 4.79 Å². The largest absolute Gasteiger partial charge is 0.497 e. The number of ether oxygens (including phenoxy) is 1. The molecular weight excluding hydrogens is 336 g/mol. The van der Waals surface area contributed by atoms with Crippen molar-refractivity contribution in [1.29, 1.82) is 0 Å². The predicted octanol–water partition coefficient (Wildman–Crippen LogP) is 3.16. The first-order valence-electron chi connectivity index (χ1n) is 6.94. The highest BCUT2D eigenvalue weighted by Crippen LogP contribution is 2.26. The molecule has 0 radical (unpaired) electrons. The number of hydrogen-bond donors (Lipinski definition) is 1. The Morgan fingerprint density at radius 3 is 2.95 bits per heavy atom. The molecule has 21 heavy (non-hydrogen) atoms. The number of carbonyl (C=O) groups is 1. The van der Waals surface area contributed by atoms with Gasteiger partial charge in [0.2, 0.25) is 0 Å². The molecular formula is C15H19BrN2O3. The minimum Gasteiger partial charge on any atom is -0.497 e. The summed E-state index contributed by atoms with van der Waals surface area (Å²) < 4.78 is 5.93. The van der Waals surface area contributed by atoms with E-state index in [2.05, 4.69) is 21.1 Å². The normalized spacial score (nSPS) is 20.6. The maximum Gasteiger partial charge on any atom is 0.255 e. The van der Waals surface area contributed by atoms with E-state index in [-0.39, 0.29) is 11.8 Å². The summed E-state index contributed by atoms with van der Waals surface area (Å²) in [4.78, 5) is 14.5. The summed E-state index contributed by atoms with van der Waals surface area (Å²) in [5.41, 5.74) is 1.37. The molecule has 1 amide bonds. The van der Waals surface area contributed by atoms with Gasteiger partial charge in [0.1, 0.15) is 5.75 Å². The van der Waals surface area contributed by atoms with Crippen LogP contribution in [-0.2, 0) is 0 Å². The van der Waals surface area contributed by atoms with Crippen molar-refractivity contribution >= 4 is 27.5 Å². The Morgan fingerprint density at radius 2 is 2.33 bits per heavy atom. The van der Waals surface area contributed by atoms with Crippen molar-refractivity contribution in [2.24, 2.45) is 11.1 Å². The lowest BCUT2D eigenvalue weighted by molar-refractivity contribution is 0.0727. The zero-order chi connectivity index (χ0) is 15.4. The molecule has 6 heteroatoms. The Hall–Kier alpha value is -1.56. The molecule has 1 heterocycles. The molecule has 1 fully saturated rings. The van der Waals surface area contributed by atoms with Gasteiger partial charge < -0.3 is 14.8 Å². The quantitative estimate of drug-likeness (QED) is 0.669. The second-order valence-corrected chi connectivity index (χ2v) is 5.90. The van der Waals surface area contributed by atoms with Crippen LogP contribution in [0.4, 0.5) is 0 Å². The van der Waals surface area contributed by atoms with Crippen LogP contribution in [0, 0.1) is 5.92 Å². The molecule has 1 aromatic rings. The molecule has 1 atom stereocenters. The van der Waals surface area contributed by atoms with Gasteiger partial charge in [0, 0.05) is 29.9 Å². The Balaban J connectivity index is 2.21. The Bertz CT molecular complexity index is 560. The molecule has 114 valence electrons. The number of oxime groups is 1. The summed E-state index contributed by atoms with van der Waals surface area (Å²) in [6, 6.07) is 5.36. The number of amides is 1. The van der Waals surface area contributed by atoms with Gasteiger partial charge in [-0.05, 0) is 40.5 Å². The number of carbonyl (C=O) groups excluding carboxylic acids is 1. The van der Waals surface area contributed by atoms with Crippen molar-refractivity contribution < 1.29 is 14.7 Å². The molecule has 1 aromatic carbocycles. The molecule has 1 N–H and O–H groups in total. The predicted molar refractivity (Wildman–Crippen MR) is 84.2 cm³/mol. The summed E-state index contributed by atoms with van der Waals surface area (Å²) >= 11 is 3.42. The average molecular weight is 355 g/mol. The summed E-state index contributed by atoms with van der Waals surface area (Å²) in [5, 5.41) is 12.4. The summed E-state index contributed by atoms with van der Waals surface area (Å²) in [6.45, 7) is 3.18. The van der Waals surface area contributed by atoms with Crippen molar-refractivity contribution in [2.45, 2.75) is 19.8 Å². The molecule has 1 aliphatic rings. The fraction of sp³-hybridized carbons (Fsp3) is 0.467. The summed E-state index contributed by atoms with van der Waals surface area (Å²) in [6.07, 6.45) is 1.46. The van der Waals surface area contributed by atoms with Gasteiger partial charge in [-0.25, -0.2) is 0 Å². The van der Waals surface area contributed by atoms with E-state index in [0.717, 1.165) is 16.6 Å². The highest BCUT2D eigenvalue weighted by Gasteiger charge is 2.29. The third-order valence-electron chi connectivity index (χ3n) is 3.86. The van der Waals surface area contributed by atoms with Crippen LogP contribution in [0.3, 0.4) is 0 Å². The van der Waals surface area contributed by atoms with E-state index in [4.69, 9.17) is 9.94 Å². The van der Waals surface area contributed by atoms with E-state index in [1.54, 1.807) is 13.2 Å². The molecule has 5 nitrogen and oxygen atoms in total. The van der Waals surface area contributed by atoms with Crippen molar-refractivity contribution in [3.8, 4) is 5.75 Å². The first-order chi connectivity index (χ1) is 10.1. The standard InChI is InChI=1S/C15H19BrN2O3/c1-3-10-9-18(7-6-14(10)17-20)15(19)12-8-11(21-2)4-5-13(12)16/h4-5,8,10,20H,3,6-7,9H2,1-2H3/b17-14+.